The summed E-state index contributed by atoms with van der Waals surface area (Å²) < 4.78 is 32.5. The zero-order valence-corrected chi connectivity index (χ0v) is 19.1. The number of imidazole rings is 1. The van der Waals surface area contributed by atoms with E-state index in [0.717, 1.165) is 0 Å². The van der Waals surface area contributed by atoms with Gasteiger partial charge in [-0.15, -0.1) is 0 Å². The van der Waals surface area contributed by atoms with Crippen LogP contribution in [-0.4, -0.2) is 73.3 Å². The van der Waals surface area contributed by atoms with Gasteiger partial charge in [-0.1, -0.05) is 12.1 Å². The molecule has 0 spiro atoms. The van der Waals surface area contributed by atoms with E-state index in [-0.39, 0.29) is 28.7 Å². The Labute approximate surface area is 202 Å². The van der Waals surface area contributed by atoms with Gasteiger partial charge in [-0.2, -0.15) is 9.97 Å². The summed E-state index contributed by atoms with van der Waals surface area (Å²) in [5, 5.41) is 19.4. The first-order valence-electron chi connectivity index (χ1n) is 10.3. The Kier molecular flexibility index (Phi) is 6.74. The van der Waals surface area contributed by atoms with Gasteiger partial charge in [-0.25, -0.2) is 19.0 Å². The van der Waals surface area contributed by atoms with Crippen LogP contribution in [0.15, 0.2) is 30.6 Å². The van der Waals surface area contributed by atoms with Gasteiger partial charge in [0.05, 0.1) is 26.1 Å². The van der Waals surface area contributed by atoms with Crippen molar-refractivity contribution in [2.75, 3.05) is 19.5 Å². The number of nitrogens with two attached hydrogens (primary N) is 1. The number of carboxylic acid groups (broad SMARTS) is 2. The molecule has 2 aromatic heterocycles. The van der Waals surface area contributed by atoms with Crippen molar-refractivity contribution >= 4 is 40.5 Å². The monoisotopic (exact) mass is 509 g/mol. The predicted molar refractivity (Wildman–Crippen MR) is 119 cm³/mol. The van der Waals surface area contributed by atoms with E-state index in [0.29, 0.717) is 11.3 Å². The van der Waals surface area contributed by atoms with E-state index in [1.807, 2.05) is 0 Å². The second-order valence-corrected chi connectivity index (χ2v) is 8.22. The third kappa shape index (κ3) is 4.70. The first-order valence-corrected chi connectivity index (χ1v) is 10.7. The zero-order valence-electron chi connectivity index (χ0n) is 18.3. The fourth-order valence-electron chi connectivity index (χ4n) is 3.87. The van der Waals surface area contributed by atoms with E-state index < -0.39 is 49.1 Å². The Bertz CT molecular complexity index is 1260. The largest absolute Gasteiger partial charge is 0.497 e. The van der Waals surface area contributed by atoms with Gasteiger partial charge < -0.3 is 30.2 Å². The standard InChI is InChI=1S/C21H21ClFN5O7/c1-33-11-4-2-3-10(5-11)7-21(18(29)30,19(31)32)34-8-12-6-13(23)17(35-12)28-9-25-14-15(24)26-20(22)27-16(14)28/h2-5,9,12-13,17H,6-8H2,1H3,(H,29,30)(H,31,32)(H2,24,26,27). The molecule has 4 rings (SSSR count). The average Bonchev–Trinajstić information content (AvgIpc) is 3.39. The van der Waals surface area contributed by atoms with Crippen LogP contribution >= 0.6 is 11.6 Å². The third-order valence-electron chi connectivity index (χ3n) is 5.62. The van der Waals surface area contributed by atoms with Crippen LogP contribution in [0.25, 0.3) is 11.2 Å². The van der Waals surface area contributed by atoms with Gasteiger partial charge in [0.15, 0.2) is 17.7 Å². The van der Waals surface area contributed by atoms with Gasteiger partial charge in [0.25, 0.3) is 5.60 Å². The number of methoxy groups -OCH3 is 1. The second-order valence-electron chi connectivity index (χ2n) is 7.88. The fraction of sp³-hybridized carbons (Fsp3) is 0.381. The number of fused-ring (bicyclic) bond motifs is 1. The Hall–Kier alpha value is -3.55. The summed E-state index contributed by atoms with van der Waals surface area (Å²) in [7, 11) is 1.43. The maximum atomic E-state index is 14.9. The van der Waals surface area contributed by atoms with Crippen molar-refractivity contribution in [1.29, 1.82) is 0 Å². The van der Waals surface area contributed by atoms with Gasteiger partial charge in [-0.05, 0) is 29.3 Å². The van der Waals surface area contributed by atoms with Gasteiger partial charge in [0, 0.05) is 12.8 Å². The predicted octanol–water partition coefficient (Wildman–Crippen LogP) is 1.86. The molecule has 0 saturated carbocycles. The fourth-order valence-corrected chi connectivity index (χ4v) is 4.04. The number of alkyl halides is 1. The Morgan fingerprint density at radius 2 is 2.09 bits per heavy atom. The quantitative estimate of drug-likeness (QED) is 0.284. The maximum Gasteiger partial charge on any atom is 0.348 e. The molecule has 0 radical (unpaired) electrons. The molecule has 0 amide bonds. The lowest BCUT2D eigenvalue weighted by Gasteiger charge is -2.27. The molecule has 186 valence electrons. The van der Waals surface area contributed by atoms with Crippen LogP contribution in [0.5, 0.6) is 5.75 Å². The molecule has 3 aromatic rings. The smallest absolute Gasteiger partial charge is 0.348 e. The van der Waals surface area contributed by atoms with Crippen LogP contribution in [0.4, 0.5) is 10.2 Å². The number of halogens is 2. The van der Waals surface area contributed by atoms with Crippen molar-refractivity contribution in [3.8, 4) is 5.75 Å². The zero-order chi connectivity index (χ0) is 25.3. The number of anilines is 1. The first kappa shape index (κ1) is 24.6. The van der Waals surface area contributed by atoms with Crippen molar-refractivity contribution in [1.82, 2.24) is 19.5 Å². The first-order chi connectivity index (χ1) is 16.6. The van der Waals surface area contributed by atoms with Crippen LogP contribution < -0.4 is 10.5 Å². The van der Waals surface area contributed by atoms with E-state index in [2.05, 4.69) is 15.0 Å². The highest BCUT2D eigenvalue weighted by atomic mass is 35.5. The molecule has 3 atom stereocenters. The molecule has 35 heavy (non-hydrogen) atoms. The number of ether oxygens (including phenoxy) is 3. The number of nitrogen functional groups attached to an aromatic ring is 1. The van der Waals surface area contributed by atoms with Gasteiger partial charge >= 0.3 is 11.9 Å². The molecule has 4 N–H and O–H groups in total. The summed E-state index contributed by atoms with van der Waals surface area (Å²) in [5.74, 6) is -2.98. The lowest BCUT2D eigenvalue weighted by Crippen LogP contribution is -2.52. The van der Waals surface area contributed by atoms with Crippen LogP contribution in [-0.2, 0) is 25.5 Å². The van der Waals surface area contributed by atoms with Crippen molar-refractivity contribution in [3.63, 3.8) is 0 Å². The molecular formula is C21H21ClFN5O7. The Morgan fingerprint density at radius 1 is 1.34 bits per heavy atom. The van der Waals surface area contributed by atoms with E-state index in [9.17, 15) is 24.2 Å². The molecule has 0 bridgehead atoms. The summed E-state index contributed by atoms with van der Waals surface area (Å²) in [5.41, 5.74) is 3.87. The minimum atomic E-state index is -2.63. The summed E-state index contributed by atoms with van der Waals surface area (Å²) >= 11 is 5.85. The van der Waals surface area contributed by atoms with Gasteiger partial charge in [-0.3, -0.25) is 4.57 Å². The third-order valence-corrected chi connectivity index (χ3v) is 5.79. The minimum absolute atomic E-state index is 0.0114. The number of carbonyl (C=O) groups is 2. The van der Waals surface area contributed by atoms with E-state index >= 15 is 0 Å². The number of hydrogen-bond acceptors (Lipinski definition) is 9. The molecule has 0 aliphatic carbocycles. The summed E-state index contributed by atoms with van der Waals surface area (Å²) in [6, 6.07) is 6.29. The van der Waals surface area contributed by atoms with Crippen LogP contribution in [0, 0.1) is 0 Å². The topological polar surface area (TPSA) is 172 Å². The van der Waals surface area contributed by atoms with Gasteiger partial charge in [0.2, 0.25) is 5.28 Å². The van der Waals surface area contributed by atoms with Crippen LogP contribution in [0.1, 0.15) is 18.2 Å². The van der Waals surface area contributed by atoms with Crippen molar-refractivity contribution < 1.29 is 38.4 Å². The van der Waals surface area contributed by atoms with Crippen molar-refractivity contribution in [2.24, 2.45) is 0 Å². The van der Waals surface area contributed by atoms with Crippen LogP contribution in [0.2, 0.25) is 5.28 Å². The summed E-state index contributed by atoms with van der Waals surface area (Å²) in [6.45, 7) is -0.496. The number of benzene rings is 1. The number of hydrogen-bond donors (Lipinski definition) is 3. The number of nitrogens with zero attached hydrogens (tertiary/aromatic N) is 4. The van der Waals surface area contributed by atoms with E-state index in [1.165, 1.54) is 24.1 Å². The Morgan fingerprint density at radius 3 is 2.77 bits per heavy atom. The number of rotatable bonds is 9. The summed E-state index contributed by atoms with van der Waals surface area (Å²) in [6.07, 6.45) is -3.11. The molecule has 3 heterocycles. The molecule has 3 unspecified atom stereocenters. The highest BCUT2D eigenvalue weighted by Gasteiger charge is 2.50. The minimum Gasteiger partial charge on any atom is -0.497 e. The SMILES string of the molecule is COc1cccc(CC(OCC2CC(F)C(n3cnc4c(N)nc(Cl)nc43)O2)(C(=O)O)C(=O)O)c1. The van der Waals surface area contributed by atoms with E-state index in [4.69, 9.17) is 31.5 Å². The van der Waals surface area contributed by atoms with E-state index in [1.54, 1.807) is 18.2 Å². The molecule has 1 aliphatic rings. The molecule has 1 fully saturated rings. The lowest BCUT2D eigenvalue weighted by molar-refractivity contribution is -0.188. The number of aromatic nitrogens is 4. The Balaban J connectivity index is 1.53. The molecule has 14 heteroatoms. The molecule has 1 aliphatic heterocycles. The molecular weight excluding hydrogens is 489 g/mol. The highest BCUT2D eigenvalue weighted by molar-refractivity contribution is 6.28. The van der Waals surface area contributed by atoms with Crippen LogP contribution in [0.3, 0.4) is 0 Å². The number of carboxylic acids is 2. The van der Waals surface area contributed by atoms with Crippen molar-refractivity contribution in [2.45, 2.75) is 36.9 Å². The molecule has 1 aromatic carbocycles. The lowest BCUT2D eigenvalue weighted by atomic mass is 9.94. The average molecular weight is 510 g/mol. The number of aliphatic carboxylic acids is 2. The normalized spacial score (nSPS) is 20.3. The highest BCUT2D eigenvalue weighted by Crippen LogP contribution is 2.35. The van der Waals surface area contributed by atoms with Crippen molar-refractivity contribution in [3.05, 3.63) is 41.4 Å². The molecule has 12 nitrogen and oxygen atoms in total. The second kappa shape index (κ2) is 9.60. The van der Waals surface area contributed by atoms with Gasteiger partial charge in [0.1, 0.15) is 17.4 Å². The molecule has 1 saturated heterocycles. The maximum absolute atomic E-state index is 14.9. The summed E-state index contributed by atoms with van der Waals surface area (Å²) in [4.78, 5) is 36.0.